The Balaban J connectivity index is 2.16. The van der Waals surface area contributed by atoms with E-state index in [1.54, 1.807) is 13.3 Å². The van der Waals surface area contributed by atoms with Crippen molar-refractivity contribution in [1.82, 2.24) is 4.98 Å². The number of aliphatic hydroxyl groups is 1. The van der Waals surface area contributed by atoms with Crippen LogP contribution in [0.5, 0.6) is 5.88 Å². The predicted molar refractivity (Wildman–Crippen MR) is 61.8 cm³/mol. The smallest absolute Gasteiger partial charge is 0.214 e. The van der Waals surface area contributed by atoms with Gasteiger partial charge in [0.15, 0.2) is 0 Å². The third kappa shape index (κ3) is 4.95. The van der Waals surface area contributed by atoms with Gasteiger partial charge in [-0.15, -0.1) is 0 Å². The highest BCUT2D eigenvalue weighted by Crippen LogP contribution is 2.12. The van der Waals surface area contributed by atoms with Gasteiger partial charge in [0.1, 0.15) is 0 Å². The number of nitrogens with zero attached hydrogens (tertiary/aromatic N) is 1. The minimum atomic E-state index is 0.0784. The second kappa shape index (κ2) is 7.90. The molecule has 0 aliphatic heterocycles. The minimum Gasteiger partial charge on any atom is -0.481 e. The molecule has 0 bridgehead atoms. The zero-order valence-corrected chi connectivity index (χ0v) is 9.48. The molecule has 0 unspecified atom stereocenters. The Hall–Kier alpha value is -1.33. The summed E-state index contributed by atoms with van der Waals surface area (Å²) in [6, 6.07) is 3.73. The molecule has 0 aliphatic carbocycles. The lowest BCUT2D eigenvalue weighted by Crippen LogP contribution is -2.07. The average molecular weight is 226 g/mol. The number of nitrogens with one attached hydrogen (secondary N) is 1. The molecule has 5 nitrogen and oxygen atoms in total. The molecule has 2 N–H and O–H groups in total. The summed E-state index contributed by atoms with van der Waals surface area (Å²) < 4.78 is 10.1. The van der Waals surface area contributed by atoms with Gasteiger partial charge >= 0.3 is 0 Å². The number of pyridine rings is 1. The monoisotopic (exact) mass is 226 g/mol. The van der Waals surface area contributed by atoms with Gasteiger partial charge in [0.2, 0.25) is 5.88 Å². The summed E-state index contributed by atoms with van der Waals surface area (Å²) in [7, 11) is 1.59. The normalized spacial score (nSPS) is 10.1. The van der Waals surface area contributed by atoms with Gasteiger partial charge in [-0.05, 0) is 12.5 Å². The summed E-state index contributed by atoms with van der Waals surface area (Å²) >= 11 is 0. The standard InChI is InChI=1S/C11H18N2O3/c1-15-11-9-10(3-5-13-11)12-4-2-7-16-8-6-14/h3,5,9,14H,2,4,6-8H2,1H3,(H,12,13). The molecule has 0 aliphatic rings. The van der Waals surface area contributed by atoms with Gasteiger partial charge in [0.05, 0.1) is 20.3 Å². The molecule has 0 saturated carbocycles. The number of ether oxygens (including phenoxy) is 2. The van der Waals surface area contributed by atoms with Crippen molar-refractivity contribution in [3.05, 3.63) is 18.3 Å². The first-order valence-electron chi connectivity index (χ1n) is 5.29. The van der Waals surface area contributed by atoms with E-state index in [4.69, 9.17) is 14.6 Å². The van der Waals surface area contributed by atoms with E-state index in [-0.39, 0.29) is 6.61 Å². The summed E-state index contributed by atoms with van der Waals surface area (Å²) in [6.07, 6.45) is 2.59. The Morgan fingerprint density at radius 2 is 2.31 bits per heavy atom. The fraction of sp³-hybridized carbons (Fsp3) is 0.545. The van der Waals surface area contributed by atoms with Crippen molar-refractivity contribution >= 4 is 5.69 Å². The number of anilines is 1. The van der Waals surface area contributed by atoms with E-state index in [0.29, 0.717) is 19.1 Å². The van der Waals surface area contributed by atoms with Crippen LogP contribution in [0, 0.1) is 0 Å². The Morgan fingerprint density at radius 1 is 1.44 bits per heavy atom. The number of methoxy groups -OCH3 is 1. The van der Waals surface area contributed by atoms with Crippen LogP contribution in [-0.4, -0.2) is 43.6 Å². The van der Waals surface area contributed by atoms with Crippen LogP contribution in [0.25, 0.3) is 0 Å². The fourth-order valence-corrected chi connectivity index (χ4v) is 1.20. The number of hydrogen-bond donors (Lipinski definition) is 2. The first kappa shape index (κ1) is 12.7. The van der Waals surface area contributed by atoms with Crippen molar-refractivity contribution in [3.8, 4) is 5.88 Å². The van der Waals surface area contributed by atoms with Crippen LogP contribution < -0.4 is 10.1 Å². The van der Waals surface area contributed by atoms with Gasteiger partial charge < -0.3 is 19.9 Å². The maximum absolute atomic E-state index is 8.50. The van der Waals surface area contributed by atoms with Gasteiger partial charge in [-0.1, -0.05) is 0 Å². The molecule has 1 aromatic rings. The highest BCUT2D eigenvalue weighted by molar-refractivity contribution is 5.44. The molecule has 0 atom stereocenters. The fourth-order valence-electron chi connectivity index (χ4n) is 1.20. The Labute approximate surface area is 95.4 Å². The van der Waals surface area contributed by atoms with Crippen molar-refractivity contribution in [3.63, 3.8) is 0 Å². The molecule has 0 saturated heterocycles. The van der Waals surface area contributed by atoms with E-state index in [9.17, 15) is 0 Å². The van der Waals surface area contributed by atoms with E-state index in [1.807, 2.05) is 12.1 Å². The van der Waals surface area contributed by atoms with Gasteiger partial charge in [0.25, 0.3) is 0 Å². The Morgan fingerprint density at radius 3 is 3.06 bits per heavy atom. The number of aromatic nitrogens is 1. The molecule has 5 heteroatoms. The van der Waals surface area contributed by atoms with E-state index in [2.05, 4.69) is 10.3 Å². The summed E-state index contributed by atoms with van der Waals surface area (Å²) in [4.78, 5) is 4.01. The maximum atomic E-state index is 8.50. The van der Waals surface area contributed by atoms with E-state index in [1.165, 1.54) is 0 Å². The lowest BCUT2D eigenvalue weighted by atomic mass is 10.3. The van der Waals surface area contributed by atoms with Crippen LogP contribution in [-0.2, 0) is 4.74 Å². The first-order chi connectivity index (χ1) is 7.86. The van der Waals surface area contributed by atoms with Crippen LogP contribution in [0.4, 0.5) is 5.69 Å². The van der Waals surface area contributed by atoms with Gasteiger partial charge in [-0.25, -0.2) is 4.98 Å². The van der Waals surface area contributed by atoms with Crippen LogP contribution in [0.3, 0.4) is 0 Å². The number of aliphatic hydroxyl groups excluding tert-OH is 1. The zero-order valence-electron chi connectivity index (χ0n) is 9.48. The molecule has 1 aromatic heterocycles. The van der Waals surface area contributed by atoms with E-state index >= 15 is 0 Å². The molecule has 1 heterocycles. The summed E-state index contributed by atoms with van der Waals surface area (Å²) in [5, 5.41) is 11.7. The molecule has 0 radical (unpaired) electrons. The van der Waals surface area contributed by atoms with Crippen molar-refractivity contribution in [2.45, 2.75) is 6.42 Å². The molecular formula is C11H18N2O3. The van der Waals surface area contributed by atoms with E-state index < -0.39 is 0 Å². The minimum absolute atomic E-state index is 0.0784. The second-order valence-electron chi connectivity index (χ2n) is 3.20. The highest BCUT2D eigenvalue weighted by Gasteiger charge is 1.95. The SMILES string of the molecule is COc1cc(NCCCOCCO)ccn1. The molecule has 1 rings (SSSR count). The quantitative estimate of drug-likeness (QED) is 0.645. The lowest BCUT2D eigenvalue weighted by Gasteiger charge is -2.07. The predicted octanol–water partition coefficient (Wildman–Crippen LogP) is 0.901. The third-order valence-electron chi connectivity index (χ3n) is 1.97. The maximum Gasteiger partial charge on any atom is 0.214 e. The van der Waals surface area contributed by atoms with Crippen molar-refractivity contribution in [2.75, 3.05) is 38.8 Å². The Bertz CT molecular complexity index is 294. The van der Waals surface area contributed by atoms with Gasteiger partial charge in [-0.3, -0.25) is 0 Å². The molecule has 16 heavy (non-hydrogen) atoms. The zero-order chi connectivity index (χ0) is 11.6. The van der Waals surface area contributed by atoms with Crippen molar-refractivity contribution in [2.24, 2.45) is 0 Å². The van der Waals surface area contributed by atoms with Gasteiger partial charge in [-0.2, -0.15) is 0 Å². The topological polar surface area (TPSA) is 63.6 Å². The highest BCUT2D eigenvalue weighted by atomic mass is 16.5. The number of rotatable bonds is 8. The lowest BCUT2D eigenvalue weighted by molar-refractivity contribution is 0.0922. The summed E-state index contributed by atoms with van der Waals surface area (Å²) in [5.74, 6) is 0.599. The number of hydrogen-bond acceptors (Lipinski definition) is 5. The van der Waals surface area contributed by atoms with Crippen molar-refractivity contribution in [1.29, 1.82) is 0 Å². The largest absolute Gasteiger partial charge is 0.481 e. The molecular weight excluding hydrogens is 208 g/mol. The van der Waals surface area contributed by atoms with E-state index in [0.717, 1.165) is 18.7 Å². The first-order valence-corrected chi connectivity index (χ1v) is 5.29. The average Bonchev–Trinajstić information content (AvgIpc) is 2.34. The Kier molecular flexibility index (Phi) is 6.29. The molecule has 0 aromatic carbocycles. The van der Waals surface area contributed by atoms with Crippen LogP contribution >= 0.6 is 0 Å². The van der Waals surface area contributed by atoms with Crippen LogP contribution in [0.2, 0.25) is 0 Å². The van der Waals surface area contributed by atoms with Crippen LogP contribution in [0.1, 0.15) is 6.42 Å². The molecule has 90 valence electrons. The summed E-state index contributed by atoms with van der Waals surface area (Å²) in [5.41, 5.74) is 0.981. The van der Waals surface area contributed by atoms with Gasteiger partial charge in [0, 0.05) is 31.1 Å². The molecule has 0 amide bonds. The molecule has 0 spiro atoms. The molecule has 0 fully saturated rings. The van der Waals surface area contributed by atoms with Crippen LogP contribution in [0.15, 0.2) is 18.3 Å². The third-order valence-corrected chi connectivity index (χ3v) is 1.97. The second-order valence-corrected chi connectivity index (χ2v) is 3.20. The van der Waals surface area contributed by atoms with Crippen molar-refractivity contribution < 1.29 is 14.6 Å². The summed E-state index contributed by atoms with van der Waals surface area (Å²) in [6.45, 7) is 1.95.